The van der Waals surface area contributed by atoms with Gasteiger partial charge in [0.05, 0.1) is 0 Å². The van der Waals surface area contributed by atoms with Gasteiger partial charge in [-0.3, -0.25) is 0 Å². The summed E-state index contributed by atoms with van der Waals surface area (Å²) in [6.07, 6.45) is 4.54. The Kier molecular flexibility index (Phi) is 4.20. The van der Waals surface area contributed by atoms with Crippen LogP contribution in [0.25, 0.3) is 0 Å². The van der Waals surface area contributed by atoms with Crippen molar-refractivity contribution < 1.29 is 0 Å². The molecule has 1 aliphatic heterocycles. The molecule has 1 unspecified atom stereocenters. The van der Waals surface area contributed by atoms with Crippen LogP contribution in [0.2, 0.25) is 0 Å². The summed E-state index contributed by atoms with van der Waals surface area (Å²) < 4.78 is 0. The van der Waals surface area contributed by atoms with Crippen molar-refractivity contribution in [2.75, 3.05) is 37.3 Å². The molecule has 0 radical (unpaired) electrons. The molecule has 1 saturated heterocycles. The average Bonchev–Trinajstić information content (AvgIpc) is 2.82. The van der Waals surface area contributed by atoms with E-state index in [9.17, 15) is 0 Å². The molecule has 0 aromatic carbocycles. The van der Waals surface area contributed by atoms with Crippen molar-refractivity contribution in [3.05, 3.63) is 18.3 Å². The van der Waals surface area contributed by atoms with E-state index in [-0.39, 0.29) is 0 Å². The maximum atomic E-state index is 4.21. The van der Waals surface area contributed by atoms with Gasteiger partial charge < -0.3 is 15.5 Å². The Labute approximate surface area is 103 Å². The van der Waals surface area contributed by atoms with Crippen LogP contribution in [0.4, 0.5) is 11.5 Å². The van der Waals surface area contributed by atoms with Crippen LogP contribution in [-0.2, 0) is 0 Å². The normalized spacial score (nSPS) is 18.0. The third-order valence-corrected chi connectivity index (χ3v) is 3.16. The number of pyridine rings is 1. The first-order valence-electron chi connectivity index (χ1n) is 6.40. The number of rotatable bonds is 5. The van der Waals surface area contributed by atoms with Gasteiger partial charge in [0.2, 0.25) is 0 Å². The highest BCUT2D eigenvalue weighted by atomic mass is 15.2. The van der Waals surface area contributed by atoms with Crippen LogP contribution in [-0.4, -0.2) is 42.6 Å². The number of aromatic nitrogens is 1. The van der Waals surface area contributed by atoms with Crippen molar-refractivity contribution in [1.82, 2.24) is 9.88 Å². The van der Waals surface area contributed by atoms with Gasteiger partial charge >= 0.3 is 0 Å². The van der Waals surface area contributed by atoms with E-state index >= 15 is 0 Å². The first-order chi connectivity index (χ1) is 8.28. The number of anilines is 2. The Morgan fingerprint density at radius 1 is 1.41 bits per heavy atom. The molecule has 2 N–H and O–H groups in total. The highest BCUT2D eigenvalue weighted by Gasteiger charge is 2.14. The fraction of sp³-hybridized carbons (Fsp3) is 0.615. The van der Waals surface area contributed by atoms with Gasteiger partial charge in [-0.2, -0.15) is 0 Å². The van der Waals surface area contributed by atoms with Crippen LogP contribution in [0.1, 0.15) is 19.8 Å². The lowest BCUT2D eigenvalue weighted by Crippen LogP contribution is -2.32. The Morgan fingerprint density at radius 3 is 2.88 bits per heavy atom. The second-order valence-electron chi connectivity index (χ2n) is 4.73. The van der Waals surface area contributed by atoms with E-state index in [4.69, 9.17) is 0 Å². The Balaban J connectivity index is 1.85. The number of nitrogens with one attached hydrogen (secondary N) is 2. The van der Waals surface area contributed by atoms with E-state index < -0.39 is 0 Å². The molecule has 4 heteroatoms. The minimum Gasteiger partial charge on any atom is -0.381 e. The van der Waals surface area contributed by atoms with Gasteiger partial charge in [0, 0.05) is 37.6 Å². The fourth-order valence-corrected chi connectivity index (χ4v) is 2.34. The molecule has 1 fully saturated rings. The van der Waals surface area contributed by atoms with Crippen LogP contribution >= 0.6 is 0 Å². The summed E-state index contributed by atoms with van der Waals surface area (Å²) in [4.78, 5) is 6.73. The van der Waals surface area contributed by atoms with Crippen molar-refractivity contribution in [1.29, 1.82) is 0 Å². The SMILES string of the molecule is CNc1cc(NC(C)CN2CCCC2)ccn1. The average molecular weight is 234 g/mol. The molecule has 2 rings (SSSR count). The molecule has 1 aromatic heterocycles. The second kappa shape index (κ2) is 5.87. The topological polar surface area (TPSA) is 40.2 Å². The van der Waals surface area contributed by atoms with Crippen LogP contribution in [0.5, 0.6) is 0 Å². The van der Waals surface area contributed by atoms with Crippen LogP contribution in [0.3, 0.4) is 0 Å². The molecule has 0 aliphatic carbocycles. The molecular formula is C13H22N4. The van der Waals surface area contributed by atoms with E-state index in [1.807, 2.05) is 25.4 Å². The predicted molar refractivity (Wildman–Crippen MR) is 72.5 cm³/mol. The lowest BCUT2D eigenvalue weighted by Gasteiger charge is -2.22. The summed E-state index contributed by atoms with van der Waals surface area (Å²) in [5, 5.41) is 6.57. The van der Waals surface area contributed by atoms with Gasteiger partial charge in [-0.1, -0.05) is 0 Å². The quantitative estimate of drug-likeness (QED) is 0.817. The maximum absolute atomic E-state index is 4.21. The van der Waals surface area contributed by atoms with E-state index in [0.29, 0.717) is 6.04 Å². The van der Waals surface area contributed by atoms with Crippen molar-refractivity contribution >= 4 is 11.5 Å². The smallest absolute Gasteiger partial charge is 0.127 e. The van der Waals surface area contributed by atoms with Gasteiger partial charge in [0.25, 0.3) is 0 Å². The van der Waals surface area contributed by atoms with E-state index in [1.165, 1.54) is 25.9 Å². The largest absolute Gasteiger partial charge is 0.381 e. The summed E-state index contributed by atoms with van der Waals surface area (Å²) >= 11 is 0. The minimum atomic E-state index is 0.472. The van der Waals surface area contributed by atoms with Crippen LogP contribution in [0.15, 0.2) is 18.3 Å². The summed E-state index contributed by atoms with van der Waals surface area (Å²) in [6, 6.07) is 4.53. The van der Waals surface area contributed by atoms with Crippen molar-refractivity contribution in [3.63, 3.8) is 0 Å². The van der Waals surface area contributed by atoms with Crippen molar-refractivity contribution in [2.24, 2.45) is 0 Å². The van der Waals surface area contributed by atoms with Crippen LogP contribution in [0, 0.1) is 0 Å². The van der Waals surface area contributed by atoms with Gasteiger partial charge in [0.1, 0.15) is 5.82 Å². The molecule has 0 spiro atoms. The molecule has 1 atom stereocenters. The highest BCUT2D eigenvalue weighted by Crippen LogP contribution is 2.14. The molecular weight excluding hydrogens is 212 g/mol. The summed E-state index contributed by atoms with van der Waals surface area (Å²) in [6.45, 7) is 5.86. The highest BCUT2D eigenvalue weighted by molar-refractivity contribution is 5.52. The number of hydrogen-bond acceptors (Lipinski definition) is 4. The standard InChI is InChI=1S/C13H22N4/c1-11(10-17-7-3-4-8-17)16-12-5-6-15-13(9-12)14-2/h5-6,9,11H,3-4,7-8,10H2,1-2H3,(H2,14,15,16). The van der Waals surface area contributed by atoms with Crippen LogP contribution < -0.4 is 10.6 Å². The minimum absolute atomic E-state index is 0.472. The third-order valence-electron chi connectivity index (χ3n) is 3.16. The molecule has 1 aliphatic rings. The molecule has 17 heavy (non-hydrogen) atoms. The molecule has 4 nitrogen and oxygen atoms in total. The van der Waals surface area contributed by atoms with Crippen molar-refractivity contribution in [3.8, 4) is 0 Å². The van der Waals surface area contributed by atoms with E-state index in [0.717, 1.165) is 18.1 Å². The number of hydrogen-bond donors (Lipinski definition) is 2. The Hall–Kier alpha value is -1.29. The van der Waals surface area contributed by atoms with E-state index in [2.05, 4.69) is 27.4 Å². The summed E-state index contributed by atoms with van der Waals surface area (Å²) in [5.41, 5.74) is 1.14. The zero-order valence-corrected chi connectivity index (χ0v) is 10.7. The second-order valence-corrected chi connectivity index (χ2v) is 4.73. The lowest BCUT2D eigenvalue weighted by molar-refractivity contribution is 0.328. The van der Waals surface area contributed by atoms with Gasteiger partial charge in [-0.25, -0.2) is 4.98 Å². The fourth-order valence-electron chi connectivity index (χ4n) is 2.34. The molecule has 0 amide bonds. The van der Waals surface area contributed by atoms with Gasteiger partial charge in [-0.15, -0.1) is 0 Å². The maximum Gasteiger partial charge on any atom is 0.127 e. The zero-order valence-electron chi connectivity index (χ0n) is 10.7. The van der Waals surface area contributed by atoms with Gasteiger partial charge in [0.15, 0.2) is 0 Å². The third kappa shape index (κ3) is 3.60. The monoisotopic (exact) mass is 234 g/mol. The molecule has 0 saturated carbocycles. The summed E-state index contributed by atoms with van der Waals surface area (Å²) in [7, 11) is 1.89. The Bertz CT molecular complexity index is 347. The number of nitrogens with zero attached hydrogens (tertiary/aromatic N) is 2. The first kappa shape index (κ1) is 12.2. The Morgan fingerprint density at radius 2 is 2.18 bits per heavy atom. The molecule has 94 valence electrons. The van der Waals surface area contributed by atoms with Gasteiger partial charge in [-0.05, 0) is 38.9 Å². The lowest BCUT2D eigenvalue weighted by atomic mass is 10.3. The zero-order chi connectivity index (χ0) is 12.1. The first-order valence-corrected chi connectivity index (χ1v) is 6.40. The molecule has 0 bridgehead atoms. The summed E-state index contributed by atoms with van der Waals surface area (Å²) in [5.74, 6) is 0.906. The number of likely N-dealkylation sites (tertiary alicyclic amines) is 1. The molecule has 1 aromatic rings. The van der Waals surface area contributed by atoms with Crippen molar-refractivity contribution in [2.45, 2.75) is 25.8 Å². The van der Waals surface area contributed by atoms with E-state index in [1.54, 1.807) is 0 Å². The predicted octanol–water partition coefficient (Wildman–Crippen LogP) is 2.02. The molecule has 2 heterocycles.